The molecule has 0 atom stereocenters. The van der Waals surface area contributed by atoms with Crippen molar-refractivity contribution in [2.45, 2.75) is 134 Å². The Morgan fingerprint density at radius 2 is 0.615 bits per heavy atom. The molecule has 13 rings (SSSR count). The Morgan fingerprint density at radius 1 is 0.282 bits per heavy atom. The zero-order valence-corrected chi connectivity index (χ0v) is 48.8. The van der Waals surface area contributed by atoms with E-state index < -0.39 is 0 Å². The van der Waals surface area contributed by atoms with Gasteiger partial charge in [0.05, 0.1) is 33.1 Å². The van der Waals surface area contributed by atoms with Crippen LogP contribution in [0.15, 0.2) is 133 Å². The van der Waals surface area contributed by atoms with Crippen LogP contribution in [0.5, 0.6) is 0 Å². The normalized spacial score (nSPS) is 12.6. The standard InChI is InChI=1S/C74H74N4/c1-39(2)59-31-45(11)67(33-43(59)9)75(53-27-47(13)71(41(5)6)48(14)28-53)51-23-25-65-61(35-51)55-19-17-21-57-63-38-70-64(37-69(63)77(65)73(55)57)58-22-18-20-56-62-36-52(24-26-66(62)78(70)74(56)58)76(54-29-49(15)72(42(7)8)50(16)30-54)68-34-44(10)60(40(3)4)32-46(68)12/h17-42H,1-16H3. The number of benzene rings is 9. The Labute approximate surface area is 461 Å². The third-order valence-corrected chi connectivity index (χ3v) is 18.0. The fourth-order valence-corrected chi connectivity index (χ4v) is 14.9. The van der Waals surface area contributed by atoms with Gasteiger partial charge in [0.25, 0.3) is 0 Å². The number of aryl methyl sites for hydroxylation is 8. The van der Waals surface area contributed by atoms with Crippen molar-refractivity contribution in [2.24, 2.45) is 0 Å². The van der Waals surface area contributed by atoms with Crippen LogP contribution in [0.1, 0.15) is 146 Å². The lowest BCUT2D eigenvalue weighted by atomic mass is 9.91. The first-order valence-corrected chi connectivity index (χ1v) is 28.7. The van der Waals surface area contributed by atoms with E-state index in [4.69, 9.17) is 0 Å². The summed E-state index contributed by atoms with van der Waals surface area (Å²) in [6.45, 7) is 36.7. The summed E-state index contributed by atoms with van der Waals surface area (Å²) in [5, 5.41) is 10.3. The van der Waals surface area contributed by atoms with Gasteiger partial charge in [0, 0.05) is 77.2 Å². The third-order valence-electron chi connectivity index (χ3n) is 18.0. The van der Waals surface area contributed by atoms with Gasteiger partial charge in [0.1, 0.15) is 0 Å². The van der Waals surface area contributed by atoms with Gasteiger partial charge in [-0.3, -0.25) is 0 Å². The summed E-state index contributed by atoms with van der Waals surface area (Å²) < 4.78 is 5.12. The minimum atomic E-state index is 0.453. The molecule has 9 aromatic carbocycles. The molecule has 0 unspecified atom stereocenters. The molecule has 13 aromatic rings. The quantitative estimate of drug-likeness (QED) is 0.136. The van der Waals surface area contributed by atoms with Gasteiger partial charge in [-0.05, 0) is 231 Å². The van der Waals surface area contributed by atoms with Gasteiger partial charge in [-0.15, -0.1) is 0 Å². The molecule has 4 heteroatoms. The summed E-state index contributed by atoms with van der Waals surface area (Å²) in [5.41, 5.74) is 31.0. The molecule has 0 saturated carbocycles. The highest BCUT2D eigenvalue weighted by Crippen LogP contribution is 2.49. The van der Waals surface area contributed by atoms with Gasteiger partial charge in [-0.25, -0.2) is 0 Å². The van der Waals surface area contributed by atoms with E-state index in [9.17, 15) is 0 Å². The first kappa shape index (κ1) is 49.7. The van der Waals surface area contributed by atoms with Crippen LogP contribution in [-0.2, 0) is 0 Å². The smallest absolute Gasteiger partial charge is 0.0620 e. The first-order valence-electron chi connectivity index (χ1n) is 28.7. The van der Waals surface area contributed by atoms with Crippen molar-refractivity contribution in [3.63, 3.8) is 0 Å². The molecule has 0 aliphatic heterocycles. The van der Waals surface area contributed by atoms with E-state index in [1.165, 1.54) is 177 Å². The van der Waals surface area contributed by atoms with Gasteiger partial charge in [0.2, 0.25) is 0 Å². The molecule has 0 saturated heterocycles. The van der Waals surface area contributed by atoms with Crippen molar-refractivity contribution in [1.82, 2.24) is 8.80 Å². The van der Waals surface area contributed by atoms with E-state index in [1.54, 1.807) is 0 Å². The fraction of sp³-hybridized carbons (Fsp3) is 0.270. The molecule has 0 aliphatic rings. The minimum absolute atomic E-state index is 0.453. The SMILES string of the molecule is Cc1cc(N(c2cc(C)c(C(C)C)c(C)c2)c2ccc3c(c2)c2cccc4c5cc6c(cc5n3c24)c2cccc3c4cc(N(c5cc(C)c(C(C)C)c(C)c5)c5cc(C)c(C(C)C)cc5C)ccc4n6c32)c(C)cc1C(C)C. The average Bonchev–Trinajstić information content (AvgIpc) is 4.19. The van der Waals surface area contributed by atoms with Crippen molar-refractivity contribution in [3.8, 4) is 0 Å². The second-order valence-electron chi connectivity index (χ2n) is 24.6. The van der Waals surface area contributed by atoms with Crippen molar-refractivity contribution in [2.75, 3.05) is 9.80 Å². The number of nitrogens with zero attached hydrogens (tertiary/aromatic N) is 4. The molecule has 0 bridgehead atoms. The van der Waals surface area contributed by atoms with Gasteiger partial charge >= 0.3 is 0 Å². The van der Waals surface area contributed by atoms with Crippen molar-refractivity contribution in [1.29, 1.82) is 0 Å². The minimum Gasteiger partial charge on any atom is -0.310 e. The van der Waals surface area contributed by atoms with Crippen LogP contribution in [-0.4, -0.2) is 8.80 Å². The molecule has 78 heavy (non-hydrogen) atoms. The molecule has 0 N–H and O–H groups in total. The highest BCUT2D eigenvalue weighted by atomic mass is 15.2. The highest BCUT2D eigenvalue weighted by Gasteiger charge is 2.27. The lowest BCUT2D eigenvalue weighted by Gasteiger charge is -2.30. The Morgan fingerprint density at radius 3 is 0.936 bits per heavy atom. The molecule has 0 radical (unpaired) electrons. The summed E-state index contributed by atoms with van der Waals surface area (Å²) in [4.78, 5) is 5.04. The molecule has 4 nitrogen and oxygen atoms in total. The molecule has 0 spiro atoms. The van der Waals surface area contributed by atoms with E-state index in [2.05, 4.69) is 263 Å². The molecular formula is C74H74N4. The lowest BCUT2D eigenvalue weighted by molar-refractivity contribution is 0.845. The van der Waals surface area contributed by atoms with E-state index in [0.29, 0.717) is 23.7 Å². The number of hydrogen-bond donors (Lipinski definition) is 0. The maximum Gasteiger partial charge on any atom is 0.0620 e. The van der Waals surface area contributed by atoms with Crippen LogP contribution in [0.25, 0.3) is 76.2 Å². The Hall–Kier alpha value is -7.82. The number of para-hydroxylation sites is 2. The lowest BCUT2D eigenvalue weighted by Crippen LogP contribution is -2.13. The average molecular weight is 1020 g/mol. The topological polar surface area (TPSA) is 15.3 Å². The van der Waals surface area contributed by atoms with Gasteiger partial charge < -0.3 is 18.6 Å². The summed E-state index contributed by atoms with van der Waals surface area (Å²) in [5.74, 6) is 1.82. The van der Waals surface area contributed by atoms with Gasteiger partial charge in [-0.2, -0.15) is 0 Å². The third kappa shape index (κ3) is 7.24. The van der Waals surface area contributed by atoms with E-state index in [0.717, 1.165) is 0 Å². The van der Waals surface area contributed by atoms with E-state index in [1.807, 2.05) is 0 Å². The molecule has 4 heterocycles. The summed E-state index contributed by atoms with van der Waals surface area (Å²) in [6, 6.07) is 52.7. The first-order chi connectivity index (χ1) is 37.3. The number of aromatic nitrogens is 2. The number of fused-ring (bicyclic) bond motifs is 12. The molecule has 0 amide bonds. The number of hydrogen-bond acceptors (Lipinski definition) is 2. The fourth-order valence-electron chi connectivity index (χ4n) is 14.9. The van der Waals surface area contributed by atoms with Crippen molar-refractivity contribution >= 4 is 110 Å². The van der Waals surface area contributed by atoms with Crippen LogP contribution in [0.2, 0.25) is 0 Å². The van der Waals surface area contributed by atoms with Crippen LogP contribution in [0, 0.1) is 55.4 Å². The summed E-state index contributed by atoms with van der Waals surface area (Å²) in [7, 11) is 0. The van der Waals surface area contributed by atoms with Crippen molar-refractivity contribution in [3.05, 3.63) is 200 Å². The molecular weight excluding hydrogens is 945 g/mol. The van der Waals surface area contributed by atoms with Crippen LogP contribution >= 0.6 is 0 Å². The Kier molecular flexibility index (Phi) is 11.4. The number of anilines is 6. The Balaban J connectivity index is 1.00. The van der Waals surface area contributed by atoms with Crippen molar-refractivity contribution < 1.29 is 0 Å². The molecule has 0 aliphatic carbocycles. The predicted molar refractivity (Wildman–Crippen MR) is 339 cm³/mol. The highest BCUT2D eigenvalue weighted by molar-refractivity contribution is 6.29. The van der Waals surface area contributed by atoms with E-state index in [-0.39, 0.29) is 0 Å². The second kappa shape index (κ2) is 17.9. The van der Waals surface area contributed by atoms with Gasteiger partial charge in [0.15, 0.2) is 0 Å². The summed E-state index contributed by atoms with van der Waals surface area (Å²) >= 11 is 0. The maximum atomic E-state index is 2.56. The van der Waals surface area contributed by atoms with Gasteiger partial charge in [-0.1, -0.05) is 104 Å². The van der Waals surface area contributed by atoms with Crippen LogP contribution < -0.4 is 9.80 Å². The monoisotopic (exact) mass is 1020 g/mol. The summed E-state index contributed by atoms with van der Waals surface area (Å²) in [6.07, 6.45) is 0. The second-order valence-corrected chi connectivity index (χ2v) is 24.6. The van der Waals surface area contributed by atoms with Crippen LogP contribution in [0.4, 0.5) is 34.1 Å². The zero-order valence-electron chi connectivity index (χ0n) is 48.8. The largest absolute Gasteiger partial charge is 0.310 e. The Bertz CT molecular complexity index is 4270. The zero-order chi connectivity index (χ0) is 54.7. The molecule has 4 aromatic heterocycles. The maximum absolute atomic E-state index is 2.56. The molecule has 390 valence electrons. The number of rotatable bonds is 10. The van der Waals surface area contributed by atoms with E-state index >= 15 is 0 Å². The predicted octanol–water partition coefficient (Wildman–Crippen LogP) is 21.9. The van der Waals surface area contributed by atoms with Crippen LogP contribution in [0.3, 0.4) is 0 Å². The molecule has 0 fully saturated rings.